The lowest BCUT2D eigenvalue weighted by atomic mass is 9.90. The van der Waals surface area contributed by atoms with Crippen molar-refractivity contribution in [1.82, 2.24) is 0 Å². The smallest absolute Gasteiger partial charge is 0.122 e. The number of phenolic OH excluding ortho intramolecular Hbond substituents is 2. The summed E-state index contributed by atoms with van der Waals surface area (Å²) in [5.74, 6) is 1.92. The first-order valence-corrected chi connectivity index (χ1v) is 6.06. The van der Waals surface area contributed by atoms with Crippen molar-refractivity contribution in [2.45, 2.75) is 45.4 Å². The molecule has 1 aromatic carbocycles. The second kappa shape index (κ2) is 4.00. The van der Waals surface area contributed by atoms with E-state index in [1.54, 1.807) is 12.1 Å². The number of aromatic hydroxyl groups is 2. The molecule has 0 aliphatic heterocycles. The van der Waals surface area contributed by atoms with E-state index in [0.717, 1.165) is 11.1 Å². The molecule has 1 atom stereocenters. The highest BCUT2D eigenvalue weighted by atomic mass is 16.3. The van der Waals surface area contributed by atoms with Crippen molar-refractivity contribution in [3.63, 3.8) is 0 Å². The molecule has 0 heterocycles. The van der Waals surface area contributed by atoms with Crippen molar-refractivity contribution in [1.29, 1.82) is 0 Å². The van der Waals surface area contributed by atoms with E-state index in [0.29, 0.717) is 17.6 Å². The van der Waals surface area contributed by atoms with Gasteiger partial charge in [0.15, 0.2) is 0 Å². The second-order valence-corrected chi connectivity index (χ2v) is 5.25. The first-order chi connectivity index (χ1) is 7.50. The van der Waals surface area contributed by atoms with E-state index in [-0.39, 0.29) is 11.7 Å². The quantitative estimate of drug-likeness (QED) is 0.762. The highest BCUT2D eigenvalue weighted by Gasteiger charge is 2.31. The van der Waals surface area contributed by atoms with Gasteiger partial charge in [-0.15, -0.1) is 0 Å². The molecule has 0 bridgehead atoms. The first kappa shape index (κ1) is 11.3. The summed E-state index contributed by atoms with van der Waals surface area (Å²) in [5.41, 5.74) is 1.76. The molecule has 0 radical (unpaired) electrons. The molecule has 1 fully saturated rings. The van der Waals surface area contributed by atoms with Crippen molar-refractivity contribution < 1.29 is 10.2 Å². The standard InChI is InChI=1S/C14H20O2/c1-8(2)12-6-11(15)7-13(14(12)16)9(3)10-4-5-10/h6-10,15-16H,4-5H2,1-3H3/t9-/m1/s1. The van der Waals surface area contributed by atoms with E-state index in [9.17, 15) is 10.2 Å². The lowest BCUT2D eigenvalue weighted by Crippen LogP contribution is -1.99. The molecule has 1 aromatic rings. The number of hydrogen-bond donors (Lipinski definition) is 2. The molecular formula is C14H20O2. The molecule has 0 saturated heterocycles. The van der Waals surface area contributed by atoms with Crippen LogP contribution in [0.1, 0.15) is 56.6 Å². The summed E-state index contributed by atoms with van der Waals surface area (Å²) in [7, 11) is 0. The van der Waals surface area contributed by atoms with Crippen LogP contribution in [0.2, 0.25) is 0 Å². The highest BCUT2D eigenvalue weighted by molar-refractivity contribution is 5.49. The Balaban J connectivity index is 2.43. The van der Waals surface area contributed by atoms with E-state index in [2.05, 4.69) is 6.92 Å². The summed E-state index contributed by atoms with van der Waals surface area (Å²) < 4.78 is 0. The Morgan fingerprint density at radius 3 is 2.12 bits per heavy atom. The van der Waals surface area contributed by atoms with Crippen LogP contribution in [0.15, 0.2) is 12.1 Å². The van der Waals surface area contributed by atoms with Gasteiger partial charge in [-0.1, -0.05) is 20.8 Å². The summed E-state index contributed by atoms with van der Waals surface area (Å²) in [6.45, 7) is 6.19. The Labute approximate surface area is 96.9 Å². The SMILES string of the molecule is CC(C)c1cc(O)cc([C@H](C)C2CC2)c1O. The Morgan fingerprint density at radius 2 is 1.62 bits per heavy atom. The summed E-state index contributed by atoms with van der Waals surface area (Å²) in [4.78, 5) is 0. The molecule has 0 aromatic heterocycles. The highest BCUT2D eigenvalue weighted by Crippen LogP contribution is 2.47. The molecule has 2 N–H and O–H groups in total. The lowest BCUT2D eigenvalue weighted by Gasteiger charge is -2.17. The molecule has 0 unspecified atom stereocenters. The molecule has 16 heavy (non-hydrogen) atoms. The molecule has 2 heteroatoms. The van der Waals surface area contributed by atoms with Crippen LogP contribution in [-0.4, -0.2) is 10.2 Å². The third-order valence-corrected chi connectivity index (χ3v) is 3.60. The number of rotatable bonds is 3. The third kappa shape index (κ3) is 2.01. The Hall–Kier alpha value is -1.18. The van der Waals surface area contributed by atoms with Gasteiger partial charge in [0, 0.05) is 11.1 Å². The second-order valence-electron chi connectivity index (χ2n) is 5.25. The van der Waals surface area contributed by atoms with E-state index in [4.69, 9.17) is 0 Å². The van der Waals surface area contributed by atoms with Crippen molar-refractivity contribution in [3.8, 4) is 11.5 Å². The van der Waals surface area contributed by atoms with Gasteiger partial charge in [-0.2, -0.15) is 0 Å². The van der Waals surface area contributed by atoms with Gasteiger partial charge in [0.05, 0.1) is 0 Å². The van der Waals surface area contributed by atoms with Gasteiger partial charge >= 0.3 is 0 Å². The minimum absolute atomic E-state index is 0.234. The van der Waals surface area contributed by atoms with Crippen LogP contribution in [0.4, 0.5) is 0 Å². The van der Waals surface area contributed by atoms with Crippen LogP contribution in [-0.2, 0) is 0 Å². The third-order valence-electron chi connectivity index (χ3n) is 3.60. The topological polar surface area (TPSA) is 40.5 Å². The summed E-state index contributed by atoms with van der Waals surface area (Å²) in [5, 5.41) is 19.9. The minimum Gasteiger partial charge on any atom is -0.508 e. The fraction of sp³-hybridized carbons (Fsp3) is 0.571. The molecule has 2 nitrogen and oxygen atoms in total. The van der Waals surface area contributed by atoms with Crippen molar-refractivity contribution >= 4 is 0 Å². The maximum Gasteiger partial charge on any atom is 0.122 e. The first-order valence-electron chi connectivity index (χ1n) is 6.06. The average Bonchev–Trinajstić information content (AvgIpc) is 3.03. The van der Waals surface area contributed by atoms with Crippen LogP contribution >= 0.6 is 0 Å². The van der Waals surface area contributed by atoms with Crippen LogP contribution in [0.5, 0.6) is 11.5 Å². The maximum atomic E-state index is 10.2. The minimum atomic E-state index is 0.234. The van der Waals surface area contributed by atoms with Gasteiger partial charge in [-0.25, -0.2) is 0 Å². The van der Waals surface area contributed by atoms with E-state index in [1.165, 1.54) is 12.8 Å². The molecule has 0 amide bonds. The van der Waals surface area contributed by atoms with E-state index < -0.39 is 0 Å². The normalized spacial score (nSPS) is 17.8. The molecule has 2 rings (SSSR count). The van der Waals surface area contributed by atoms with Gasteiger partial charge in [-0.3, -0.25) is 0 Å². The van der Waals surface area contributed by atoms with Crippen molar-refractivity contribution in [2.75, 3.05) is 0 Å². The van der Waals surface area contributed by atoms with Crippen molar-refractivity contribution in [3.05, 3.63) is 23.3 Å². The lowest BCUT2D eigenvalue weighted by molar-refractivity contribution is 0.436. The van der Waals surface area contributed by atoms with Gasteiger partial charge in [0.1, 0.15) is 11.5 Å². The van der Waals surface area contributed by atoms with E-state index in [1.807, 2.05) is 13.8 Å². The molecule has 88 valence electrons. The monoisotopic (exact) mass is 220 g/mol. The fourth-order valence-electron chi connectivity index (χ4n) is 2.30. The van der Waals surface area contributed by atoms with Gasteiger partial charge in [-0.05, 0) is 42.7 Å². The number of benzene rings is 1. The van der Waals surface area contributed by atoms with Gasteiger partial charge in [0.2, 0.25) is 0 Å². The summed E-state index contributed by atoms with van der Waals surface area (Å²) in [6.07, 6.45) is 2.49. The molecule has 1 aliphatic rings. The van der Waals surface area contributed by atoms with Crippen LogP contribution in [0.3, 0.4) is 0 Å². The average molecular weight is 220 g/mol. The van der Waals surface area contributed by atoms with Crippen LogP contribution in [0.25, 0.3) is 0 Å². The summed E-state index contributed by atoms with van der Waals surface area (Å²) in [6, 6.07) is 3.38. The molecule has 1 aliphatic carbocycles. The fourth-order valence-corrected chi connectivity index (χ4v) is 2.30. The zero-order valence-electron chi connectivity index (χ0n) is 10.2. The largest absolute Gasteiger partial charge is 0.508 e. The maximum absolute atomic E-state index is 10.2. The molecule has 0 spiro atoms. The predicted octanol–water partition coefficient (Wildman–Crippen LogP) is 3.73. The number of hydrogen-bond acceptors (Lipinski definition) is 2. The molecule has 1 saturated carbocycles. The van der Waals surface area contributed by atoms with Crippen molar-refractivity contribution in [2.24, 2.45) is 5.92 Å². The van der Waals surface area contributed by atoms with Gasteiger partial charge in [0.25, 0.3) is 0 Å². The van der Waals surface area contributed by atoms with Gasteiger partial charge < -0.3 is 10.2 Å². The Morgan fingerprint density at radius 1 is 1.06 bits per heavy atom. The molecular weight excluding hydrogens is 200 g/mol. The van der Waals surface area contributed by atoms with Crippen LogP contribution in [0, 0.1) is 5.92 Å². The Bertz CT molecular complexity index is 392. The Kier molecular flexibility index (Phi) is 2.83. The summed E-state index contributed by atoms with van der Waals surface area (Å²) >= 11 is 0. The van der Waals surface area contributed by atoms with Crippen LogP contribution < -0.4 is 0 Å². The van der Waals surface area contributed by atoms with E-state index >= 15 is 0 Å². The predicted molar refractivity (Wildman–Crippen MR) is 65.0 cm³/mol. The zero-order valence-corrected chi connectivity index (χ0v) is 10.2. The number of phenols is 2. The zero-order chi connectivity index (χ0) is 11.9.